The van der Waals surface area contributed by atoms with Crippen LogP contribution in [0.5, 0.6) is 5.75 Å². The van der Waals surface area contributed by atoms with Crippen molar-refractivity contribution in [3.63, 3.8) is 0 Å². The number of rotatable bonds is 2. The molecule has 17 heavy (non-hydrogen) atoms. The Morgan fingerprint density at radius 2 is 2.12 bits per heavy atom. The zero-order valence-corrected chi connectivity index (χ0v) is 11.3. The second kappa shape index (κ2) is 4.89. The molecule has 2 rings (SSSR count). The summed E-state index contributed by atoms with van der Waals surface area (Å²) < 4.78 is 6.13. The molecule has 88 valence electrons. The van der Waals surface area contributed by atoms with Gasteiger partial charge in [0.1, 0.15) is 5.75 Å². The van der Waals surface area contributed by atoms with E-state index in [4.69, 9.17) is 22.1 Å². The maximum atomic E-state index is 6.08. The minimum Gasteiger partial charge on any atom is -0.494 e. The zero-order valence-electron chi connectivity index (χ0n) is 8.95. The molecule has 4 nitrogen and oxygen atoms in total. The Morgan fingerprint density at radius 3 is 2.76 bits per heavy atom. The topological polar surface area (TPSA) is 61.0 Å². The number of hydrogen-bond donors (Lipinski definition) is 1. The third-order valence-corrected chi connectivity index (χ3v) is 3.24. The molecular formula is C11H9BrClN3O. The number of ether oxygens (including phenoxy) is 1. The Hall–Kier alpha value is -1.33. The molecule has 0 bridgehead atoms. The summed E-state index contributed by atoms with van der Waals surface area (Å²) in [4.78, 5) is 0. The average Bonchev–Trinajstić information content (AvgIpc) is 2.33. The molecule has 2 aromatic rings. The molecule has 0 aliphatic carbocycles. The van der Waals surface area contributed by atoms with E-state index in [1.807, 2.05) is 6.07 Å². The Balaban J connectivity index is 2.75. The lowest BCUT2D eigenvalue weighted by Gasteiger charge is -2.13. The van der Waals surface area contributed by atoms with Gasteiger partial charge in [0.25, 0.3) is 0 Å². The summed E-state index contributed by atoms with van der Waals surface area (Å²) in [7, 11) is 1.56. The number of anilines is 1. The monoisotopic (exact) mass is 313 g/mol. The van der Waals surface area contributed by atoms with Crippen molar-refractivity contribution < 1.29 is 4.74 Å². The number of halogens is 2. The van der Waals surface area contributed by atoms with Crippen LogP contribution in [0.4, 0.5) is 5.82 Å². The van der Waals surface area contributed by atoms with Crippen LogP contribution < -0.4 is 10.5 Å². The highest BCUT2D eigenvalue weighted by Crippen LogP contribution is 2.42. The van der Waals surface area contributed by atoms with Crippen molar-refractivity contribution in [2.24, 2.45) is 0 Å². The molecule has 0 aliphatic heterocycles. The SMILES string of the molecule is COc1c(Cl)ccc(Br)c1-c1ccnnc1N. The predicted molar refractivity (Wildman–Crippen MR) is 71.1 cm³/mol. The molecule has 1 heterocycles. The number of methoxy groups -OCH3 is 1. The molecule has 0 atom stereocenters. The van der Waals surface area contributed by atoms with Gasteiger partial charge in [0, 0.05) is 15.6 Å². The Bertz CT molecular complexity index is 562. The average molecular weight is 315 g/mol. The van der Waals surface area contributed by atoms with Crippen LogP contribution in [0, 0.1) is 0 Å². The van der Waals surface area contributed by atoms with Crippen LogP contribution in [-0.2, 0) is 0 Å². The third kappa shape index (κ3) is 2.21. The van der Waals surface area contributed by atoms with Crippen LogP contribution in [0.25, 0.3) is 11.1 Å². The molecule has 6 heteroatoms. The number of nitrogens with zero attached hydrogens (tertiary/aromatic N) is 2. The molecule has 0 saturated carbocycles. The van der Waals surface area contributed by atoms with Crippen LogP contribution in [-0.4, -0.2) is 17.3 Å². The molecule has 0 fully saturated rings. The van der Waals surface area contributed by atoms with Gasteiger partial charge in [0.15, 0.2) is 5.82 Å². The van der Waals surface area contributed by atoms with Gasteiger partial charge in [-0.05, 0) is 18.2 Å². The van der Waals surface area contributed by atoms with Crippen molar-refractivity contribution >= 4 is 33.3 Å². The van der Waals surface area contributed by atoms with E-state index < -0.39 is 0 Å². The number of hydrogen-bond acceptors (Lipinski definition) is 4. The fourth-order valence-corrected chi connectivity index (χ4v) is 2.30. The Labute approximate surface area is 112 Å². The summed E-state index contributed by atoms with van der Waals surface area (Å²) in [6, 6.07) is 5.35. The van der Waals surface area contributed by atoms with Gasteiger partial charge >= 0.3 is 0 Å². The van der Waals surface area contributed by atoms with Crippen molar-refractivity contribution in [1.82, 2.24) is 10.2 Å². The zero-order chi connectivity index (χ0) is 12.4. The van der Waals surface area contributed by atoms with Crippen molar-refractivity contribution in [2.75, 3.05) is 12.8 Å². The molecule has 0 spiro atoms. The fourth-order valence-electron chi connectivity index (χ4n) is 1.54. The van der Waals surface area contributed by atoms with Crippen molar-refractivity contribution in [2.45, 2.75) is 0 Å². The first-order chi connectivity index (χ1) is 8.15. The molecule has 1 aromatic carbocycles. The van der Waals surface area contributed by atoms with Gasteiger partial charge in [-0.2, -0.15) is 5.10 Å². The number of nitrogen functional groups attached to an aromatic ring is 1. The largest absolute Gasteiger partial charge is 0.494 e. The quantitative estimate of drug-likeness (QED) is 0.925. The van der Waals surface area contributed by atoms with E-state index in [1.54, 1.807) is 25.4 Å². The molecule has 0 saturated heterocycles. The number of nitrogens with two attached hydrogens (primary N) is 1. The molecule has 0 unspecified atom stereocenters. The van der Waals surface area contributed by atoms with Crippen LogP contribution >= 0.6 is 27.5 Å². The highest BCUT2D eigenvalue weighted by atomic mass is 79.9. The van der Waals surface area contributed by atoms with Crippen LogP contribution in [0.3, 0.4) is 0 Å². The van der Waals surface area contributed by atoms with E-state index in [9.17, 15) is 0 Å². The highest BCUT2D eigenvalue weighted by Gasteiger charge is 2.16. The lowest BCUT2D eigenvalue weighted by Crippen LogP contribution is -1.98. The molecule has 0 aliphatic rings. The van der Waals surface area contributed by atoms with Gasteiger partial charge in [0.05, 0.1) is 18.3 Å². The molecular weight excluding hydrogens is 305 g/mol. The van der Waals surface area contributed by atoms with Crippen LogP contribution in [0.15, 0.2) is 28.9 Å². The molecule has 2 N–H and O–H groups in total. The van der Waals surface area contributed by atoms with Gasteiger partial charge in [-0.3, -0.25) is 0 Å². The first kappa shape index (κ1) is 12.1. The van der Waals surface area contributed by atoms with E-state index in [1.165, 1.54) is 0 Å². The highest BCUT2D eigenvalue weighted by molar-refractivity contribution is 9.10. The first-order valence-electron chi connectivity index (χ1n) is 4.74. The molecule has 0 radical (unpaired) electrons. The molecule has 1 aromatic heterocycles. The van der Waals surface area contributed by atoms with Gasteiger partial charge in [-0.25, -0.2) is 0 Å². The normalized spacial score (nSPS) is 10.3. The Kier molecular flexibility index (Phi) is 3.49. The number of aromatic nitrogens is 2. The Morgan fingerprint density at radius 1 is 1.35 bits per heavy atom. The summed E-state index contributed by atoms with van der Waals surface area (Å²) >= 11 is 9.53. The third-order valence-electron chi connectivity index (χ3n) is 2.28. The van der Waals surface area contributed by atoms with Crippen molar-refractivity contribution in [3.05, 3.63) is 33.9 Å². The van der Waals surface area contributed by atoms with E-state index in [-0.39, 0.29) is 0 Å². The van der Waals surface area contributed by atoms with E-state index >= 15 is 0 Å². The first-order valence-corrected chi connectivity index (χ1v) is 5.91. The van der Waals surface area contributed by atoms with Crippen LogP contribution in [0.1, 0.15) is 0 Å². The summed E-state index contributed by atoms with van der Waals surface area (Å²) in [5.74, 6) is 0.884. The lowest BCUT2D eigenvalue weighted by molar-refractivity contribution is 0.416. The van der Waals surface area contributed by atoms with Gasteiger partial charge in [-0.1, -0.05) is 27.5 Å². The summed E-state index contributed by atoms with van der Waals surface area (Å²) in [6.07, 6.45) is 1.57. The van der Waals surface area contributed by atoms with E-state index in [2.05, 4.69) is 26.1 Å². The summed E-state index contributed by atoms with van der Waals surface area (Å²) in [5, 5.41) is 8.04. The van der Waals surface area contributed by atoms with E-state index in [0.29, 0.717) is 16.6 Å². The maximum Gasteiger partial charge on any atom is 0.154 e. The summed E-state index contributed by atoms with van der Waals surface area (Å²) in [5.41, 5.74) is 7.30. The second-order valence-corrected chi connectivity index (χ2v) is 4.53. The second-order valence-electron chi connectivity index (χ2n) is 3.27. The maximum absolute atomic E-state index is 6.08. The lowest BCUT2D eigenvalue weighted by atomic mass is 10.1. The predicted octanol–water partition coefficient (Wildman–Crippen LogP) is 3.15. The van der Waals surface area contributed by atoms with Crippen molar-refractivity contribution in [1.29, 1.82) is 0 Å². The smallest absolute Gasteiger partial charge is 0.154 e. The van der Waals surface area contributed by atoms with Crippen molar-refractivity contribution in [3.8, 4) is 16.9 Å². The minimum absolute atomic E-state index is 0.328. The van der Waals surface area contributed by atoms with Gasteiger partial charge in [0.2, 0.25) is 0 Å². The standard InChI is InChI=1S/C11H9BrClN3O/c1-17-10-8(13)3-2-7(12)9(10)6-4-5-15-16-11(6)14/h2-5H,1H3,(H2,14,16). The van der Waals surface area contributed by atoms with E-state index in [0.717, 1.165) is 15.6 Å². The van der Waals surface area contributed by atoms with Gasteiger partial charge < -0.3 is 10.5 Å². The summed E-state index contributed by atoms with van der Waals surface area (Å²) in [6.45, 7) is 0. The molecule has 0 amide bonds. The number of benzene rings is 1. The fraction of sp³-hybridized carbons (Fsp3) is 0.0909. The van der Waals surface area contributed by atoms with Crippen LogP contribution in [0.2, 0.25) is 5.02 Å². The van der Waals surface area contributed by atoms with Gasteiger partial charge in [-0.15, -0.1) is 5.10 Å². The minimum atomic E-state index is 0.328.